The predicted molar refractivity (Wildman–Crippen MR) is 58.1 cm³/mol. The third kappa shape index (κ3) is 2.65. The van der Waals surface area contributed by atoms with Gasteiger partial charge in [0, 0.05) is 0 Å². The minimum Gasteiger partial charge on any atom is -0.225 e. The summed E-state index contributed by atoms with van der Waals surface area (Å²) in [7, 11) is -3.87. The molecule has 1 atom stereocenters. The van der Waals surface area contributed by atoms with E-state index in [4.69, 9.17) is 0 Å². The highest BCUT2D eigenvalue weighted by atomic mass is 32.2. The predicted octanol–water partition coefficient (Wildman–Crippen LogP) is 2.64. The van der Waals surface area contributed by atoms with Crippen LogP contribution in [0.1, 0.15) is 12.5 Å². The van der Waals surface area contributed by atoms with Crippen LogP contribution in [-0.4, -0.2) is 13.9 Å². The Morgan fingerprint density at radius 1 is 1.27 bits per heavy atom. The highest BCUT2D eigenvalue weighted by Crippen LogP contribution is 2.18. The Morgan fingerprint density at radius 3 is 2.27 bits per heavy atom. The van der Waals surface area contributed by atoms with Gasteiger partial charge in [-0.05, 0) is 32.1 Å². The normalized spacial score (nSPS) is 14.3. The van der Waals surface area contributed by atoms with Crippen molar-refractivity contribution >= 4 is 9.84 Å². The van der Waals surface area contributed by atoms with Crippen LogP contribution < -0.4 is 0 Å². The van der Waals surface area contributed by atoms with E-state index in [9.17, 15) is 12.8 Å². The Hall–Kier alpha value is -1.16. The molecular formula is C11H13FO2S. The fraction of sp³-hybridized carbons (Fsp3) is 0.273. The van der Waals surface area contributed by atoms with E-state index < -0.39 is 15.3 Å². The fourth-order valence-electron chi connectivity index (χ4n) is 1.11. The molecule has 0 N–H and O–H groups in total. The molecule has 2 nitrogen and oxygen atoms in total. The molecule has 15 heavy (non-hydrogen) atoms. The second kappa shape index (κ2) is 4.57. The quantitative estimate of drug-likeness (QED) is 0.745. The maximum Gasteiger partial charge on any atom is 0.223 e. The molecule has 0 spiro atoms. The molecule has 0 heterocycles. The summed E-state index contributed by atoms with van der Waals surface area (Å²) in [5.41, 5.74) is -1.03. The van der Waals surface area contributed by atoms with E-state index in [0.717, 1.165) is 11.6 Å². The molecule has 1 rings (SSSR count). The van der Waals surface area contributed by atoms with Gasteiger partial charge in [-0.2, -0.15) is 0 Å². The minimum atomic E-state index is -3.87. The van der Waals surface area contributed by atoms with Gasteiger partial charge in [0.15, 0.2) is 0 Å². The van der Waals surface area contributed by atoms with Gasteiger partial charge in [-0.25, -0.2) is 12.8 Å². The third-order valence-electron chi connectivity index (χ3n) is 1.99. The first kappa shape index (κ1) is 11.9. The van der Waals surface area contributed by atoms with E-state index in [0.29, 0.717) is 0 Å². The first-order valence-electron chi connectivity index (χ1n) is 4.56. The summed E-state index contributed by atoms with van der Waals surface area (Å²) < 4.78 is 36.5. The van der Waals surface area contributed by atoms with Crippen LogP contribution in [0.25, 0.3) is 0 Å². The molecule has 4 heteroatoms. The first-order valence-corrected chi connectivity index (χ1v) is 6.10. The minimum absolute atomic E-state index is 0.0127. The SMILES string of the molecule is C/C=C\C(F)S(=O)(=O)c1ccc(C)cc1. The first-order chi connectivity index (χ1) is 6.98. The van der Waals surface area contributed by atoms with Crippen LogP contribution in [0.5, 0.6) is 0 Å². The summed E-state index contributed by atoms with van der Waals surface area (Å²) in [5.74, 6) is 0. The van der Waals surface area contributed by atoms with Gasteiger partial charge in [-0.15, -0.1) is 0 Å². The number of hydrogen-bond donors (Lipinski definition) is 0. The van der Waals surface area contributed by atoms with E-state index in [1.165, 1.54) is 18.2 Å². The van der Waals surface area contributed by atoms with Gasteiger partial charge in [0.05, 0.1) is 4.90 Å². The lowest BCUT2D eigenvalue weighted by Gasteiger charge is -2.05. The molecule has 0 radical (unpaired) electrons. The van der Waals surface area contributed by atoms with E-state index >= 15 is 0 Å². The Bertz CT molecular complexity index is 446. The molecule has 0 fully saturated rings. The largest absolute Gasteiger partial charge is 0.225 e. The molecule has 1 aromatic carbocycles. The third-order valence-corrected chi connectivity index (χ3v) is 3.67. The maximum atomic E-state index is 13.3. The molecule has 82 valence electrons. The van der Waals surface area contributed by atoms with Crippen LogP contribution in [0.4, 0.5) is 4.39 Å². The molecule has 0 saturated carbocycles. The van der Waals surface area contributed by atoms with Crippen molar-refractivity contribution < 1.29 is 12.8 Å². The summed E-state index contributed by atoms with van der Waals surface area (Å²) in [4.78, 5) is 0.0127. The van der Waals surface area contributed by atoms with Crippen LogP contribution in [0.15, 0.2) is 41.3 Å². The smallest absolute Gasteiger partial charge is 0.223 e. The molecular weight excluding hydrogens is 215 g/mol. The average Bonchev–Trinajstić information content (AvgIpc) is 2.18. The zero-order chi connectivity index (χ0) is 11.5. The lowest BCUT2D eigenvalue weighted by molar-refractivity contribution is 0.473. The zero-order valence-electron chi connectivity index (χ0n) is 8.64. The molecule has 0 bridgehead atoms. The van der Waals surface area contributed by atoms with E-state index in [2.05, 4.69) is 0 Å². The number of allylic oxidation sites excluding steroid dienone is 1. The van der Waals surface area contributed by atoms with Gasteiger partial charge < -0.3 is 0 Å². The number of rotatable bonds is 3. The van der Waals surface area contributed by atoms with Crippen LogP contribution >= 0.6 is 0 Å². The second-order valence-electron chi connectivity index (χ2n) is 3.24. The summed E-state index contributed by atoms with van der Waals surface area (Å²) in [6.45, 7) is 3.42. The Balaban J connectivity index is 3.11. The molecule has 0 aliphatic rings. The highest BCUT2D eigenvalue weighted by molar-refractivity contribution is 7.92. The van der Waals surface area contributed by atoms with Crippen LogP contribution in [0.2, 0.25) is 0 Å². The summed E-state index contributed by atoms with van der Waals surface area (Å²) >= 11 is 0. The number of alkyl halides is 1. The van der Waals surface area contributed by atoms with Crippen molar-refractivity contribution in [3.8, 4) is 0 Å². The van der Waals surface area contributed by atoms with Crippen molar-refractivity contribution in [1.82, 2.24) is 0 Å². The second-order valence-corrected chi connectivity index (χ2v) is 5.25. The monoisotopic (exact) mass is 228 g/mol. The Morgan fingerprint density at radius 2 is 1.80 bits per heavy atom. The molecule has 1 aromatic rings. The number of halogens is 1. The van der Waals surface area contributed by atoms with Crippen molar-refractivity contribution in [2.75, 3.05) is 0 Å². The standard InChI is InChI=1S/C11H13FO2S/c1-3-4-11(12)15(13,14)10-7-5-9(2)6-8-10/h3-8,11H,1-2H3/b4-3-. The van der Waals surface area contributed by atoms with Crippen LogP contribution in [-0.2, 0) is 9.84 Å². The molecule has 0 amide bonds. The number of hydrogen-bond acceptors (Lipinski definition) is 2. The lowest BCUT2D eigenvalue weighted by atomic mass is 10.2. The van der Waals surface area contributed by atoms with Crippen molar-refractivity contribution in [3.63, 3.8) is 0 Å². The van der Waals surface area contributed by atoms with Gasteiger partial charge in [0.1, 0.15) is 0 Å². The van der Waals surface area contributed by atoms with Gasteiger partial charge in [-0.3, -0.25) is 0 Å². The van der Waals surface area contributed by atoms with Gasteiger partial charge in [0.25, 0.3) is 0 Å². The van der Waals surface area contributed by atoms with E-state index in [1.54, 1.807) is 19.1 Å². The fourth-order valence-corrected chi connectivity index (χ4v) is 2.25. The topological polar surface area (TPSA) is 34.1 Å². The lowest BCUT2D eigenvalue weighted by Crippen LogP contribution is -2.13. The van der Waals surface area contributed by atoms with Crippen molar-refractivity contribution in [2.24, 2.45) is 0 Å². The Labute approximate surface area is 89.4 Å². The summed E-state index contributed by atoms with van der Waals surface area (Å²) in [6, 6.07) is 6.13. The van der Waals surface area contributed by atoms with Crippen molar-refractivity contribution in [1.29, 1.82) is 0 Å². The van der Waals surface area contributed by atoms with E-state index in [-0.39, 0.29) is 4.90 Å². The van der Waals surface area contributed by atoms with E-state index in [1.807, 2.05) is 6.92 Å². The van der Waals surface area contributed by atoms with Gasteiger partial charge in [0.2, 0.25) is 15.3 Å². The number of sulfone groups is 1. The molecule has 0 aromatic heterocycles. The number of aryl methyl sites for hydroxylation is 1. The van der Waals surface area contributed by atoms with Crippen LogP contribution in [0.3, 0.4) is 0 Å². The molecule has 0 aliphatic heterocycles. The maximum absolute atomic E-state index is 13.3. The van der Waals surface area contributed by atoms with Crippen molar-refractivity contribution in [2.45, 2.75) is 24.2 Å². The van der Waals surface area contributed by atoms with Gasteiger partial charge >= 0.3 is 0 Å². The number of benzene rings is 1. The highest BCUT2D eigenvalue weighted by Gasteiger charge is 2.23. The van der Waals surface area contributed by atoms with Crippen molar-refractivity contribution in [3.05, 3.63) is 42.0 Å². The zero-order valence-corrected chi connectivity index (χ0v) is 9.46. The molecule has 0 saturated heterocycles. The van der Waals surface area contributed by atoms with Gasteiger partial charge in [-0.1, -0.05) is 23.8 Å². The summed E-state index contributed by atoms with van der Waals surface area (Å²) in [6.07, 6.45) is 2.41. The molecule has 1 unspecified atom stereocenters. The summed E-state index contributed by atoms with van der Waals surface area (Å²) in [5, 5.41) is 0. The Kier molecular flexibility index (Phi) is 3.63. The average molecular weight is 228 g/mol. The van der Waals surface area contributed by atoms with Crippen LogP contribution in [0, 0.1) is 6.92 Å². The molecule has 0 aliphatic carbocycles.